The monoisotopic (exact) mass is 563 g/mol. The fourth-order valence-electron chi connectivity index (χ4n) is 4.51. The maximum Gasteiger partial charge on any atom is 0.325 e. The number of hydrogen-bond donors (Lipinski definition) is 0. The summed E-state index contributed by atoms with van der Waals surface area (Å²) in [5, 5.41) is 0.743. The summed E-state index contributed by atoms with van der Waals surface area (Å²) in [6, 6.07) is 10.4. The fourth-order valence-corrected chi connectivity index (χ4v) is 4.68. The standard InChI is InChI=1S/C25H27ClN3O2.HI/c1-5-27-21-13-16(3)17(4)14-23(21)31-24(27)10-9-22-25-28(6-2)20-15-18(26)7-8-19(20)29(25)11-12-30-22;/h7-10,13-15H,5-6,11-12H2,1-4H3;1H/q+1;/p-1. The molecule has 2 aromatic carbocycles. The molecule has 5 rings (SSSR count). The van der Waals surface area contributed by atoms with Gasteiger partial charge >= 0.3 is 5.82 Å². The van der Waals surface area contributed by atoms with Gasteiger partial charge in [-0.1, -0.05) is 11.6 Å². The Morgan fingerprint density at radius 3 is 2.62 bits per heavy atom. The van der Waals surface area contributed by atoms with Crippen molar-refractivity contribution in [2.45, 2.75) is 40.8 Å². The molecule has 0 N–H and O–H groups in total. The number of allylic oxidation sites excluding steroid dienone is 2. The number of hydrogen-bond acceptors (Lipinski definition) is 3. The number of rotatable bonds is 3. The average molecular weight is 564 g/mol. The SMILES string of the molecule is CCN1C(=CC=C2OCCn3c2[n+](CC)c2cc(Cl)ccc23)Oc2cc(C)c(C)cc21.[I-]. The smallest absolute Gasteiger partial charge is 0.325 e. The van der Waals surface area contributed by atoms with Crippen molar-refractivity contribution in [1.29, 1.82) is 0 Å². The predicted octanol–water partition coefficient (Wildman–Crippen LogP) is 2.35. The highest BCUT2D eigenvalue weighted by molar-refractivity contribution is 6.31. The van der Waals surface area contributed by atoms with E-state index in [2.05, 4.69) is 59.9 Å². The van der Waals surface area contributed by atoms with Crippen LogP contribution in [-0.4, -0.2) is 17.7 Å². The topological polar surface area (TPSA) is 30.5 Å². The van der Waals surface area contributed by atoms with Crippen LogP contribution in [0.2, 0.25) is 5.02 Å². The van der Waals surface area contributed by atoms with Gasteiger partial charge in [0.15, 0.2) is 16.8 Å². The lowest BCUT2D eigenvalue weighted by Gasteiger charge is -2.17. The lowest BCUT2D eigenvalue weighted by molar-refractivity contribution is -0.672. The maximum atomic E-state index is 6.29. The number of anilines is 1. The van der Waals surface area contributed by atoms with Gasteiger partial charge in [0.25, 0.3) is 0 Å². The number of imidazole rings is 1. The second-order valence-electron chi connectivity index (χ2n) is 7.99. The van der Waals surface area contributed by atoms with E-state index in [1.54, 1.807) is 0 Å². The molecule has 0 amide bonds. The van der Waals surface area contributed by atoms with Crippen molar-refractivity contribution in [3.8, 4) is 5.75 Å². The Labute approximate surface area is 210 Å². The largest absolute Gasteiger partial charge is 1.00 e. The number of aryl methyl sites for hydroxylation is 3. The Balaban J connectivity index is 0.00000245. The Morgan fingerprint density at radius 1 is 1.09 bits per heavy atom. The molecule has 1 aromatic heterocycles. The van der Waals surface area contributed by atoms with Crippen LogP contribution in [0, 0.1) is 13.8 Å². The van der Waals surface area contributed by atoms with Crippen molar-refractivity contribution >= 4 is 34.1 Å². The van der Waals surface area contributed by atoms with Gasteiger partial charge in [0.05, 0.1) is 12.2 Å². The molecule has 5 nitrogen and oxygen atoms in total. The summed E-state index contributed by atoms with van der Waals surface area (Å²) in [6.45, 7) is 11.6. The molecule has 3 aromatic rings. The van der Waals surface area contributed by atoms with Crippen molar-refractivity contribution < 1.29 is 38.0 Å². The van der Waals surface area contributed by atoms with E-state index in [4.69, 9.17) is 21.1 Å². The van der Waals surface area contributed by atoms with Gasteiger partial charge in [-0.2, -0.15) is 0 Å². The number of halogens is 2. The van der Waals surface area contributed by atoms with E-state index < -0.39 is 0 Å². The molecule has 0 fully saturated rings. The predicted molar refractivity (Wildman–Crippen MR) is 124 cm³/mol. The first-order valence-corrected chi connectivity index (χ1v) is 11.2. The van der Waals surface area contributed by atoms with Crippen molar-refractivity contribution in [3.05, 3.63) is 70.3 Å². The van der Waals surface area contributed by atoms with Crippen LogP contribution in [0.1, 0.15) is 30.8 Å². The van der Waals surface area contributed by atoms with Gasteiger partial charge in [-0.25, -0.2) is 9.13 Å². The van der Waals surface area contributed by atoms with Crippen LogP contribution in [0.25, 0.3) is 16.8 Å². The number of ether oxygens (including phenoxy) is 2. The van der Waals surface area contributed by atoms with Gasteiger partial charge in [-0.3, -0.25) is 0 Å². The summed E-state index contributed by atoms with van der Waals surface area (Å²) in [4.78, 5) is 2.20. The summed E-state index contributed by atoms with van der Waals surface area (Å²) in [6.07, 6.45) is 4.05. The van der Waals surface area contributed by atoms with Gasteiger partial charge in [-0.05, 0) is 69.2 Å². The fraction of sp³-hybridized carbons (Fsp3) is 0.320. The van der Waals surface area contributed by atoms with E-state index in [-0.39, 0.29) is 24.0 Å². The lowest BCUT2D eigenvalue weighted by Crippen LogP contribution is -3.00. The van der Waals surface area contributed by atoms with Gasteiger partial charge in [-0.15, -0.1) is 0 Å². The summed E-state index contributed by atoms with van der Waals surface area (Å²) < 4.78 is 16.9. The molecule has 0 saturated heterocycles. The van der Waals surface area contributed by atoms with Gasteiger partial charge < -0.3 is 38.4 Å². The van der Waals surface area contributed by atoms with Crippen molar-refractivity contribution in [2.24, 2.45) is 0 Å². The molecule has 3 heterocycles. The Kier molecular flexibility index (Phi) is 6.45. The second kappa shape index (κ2) is 8.98. The first-order chi connectivity index (χ1) is 15.0. The second-order valence-corrected chi connectivity index (χ2v) is 8.42. The van der Waals surface area contributed by atoms with Crippen LogP contribution in [0.3, 0.4) is 0 Å². The minimum atomic E-state index is 0. The minimum Gasteiger partial charge on any atom is -1.00 e. The van der Waals surface area contributed by atoms with Crippen LogP contribution in [-0.2, 0) is 17.8 Å². The lowest BCUT2D eigenvalue weighted by atomic mass is 10.1. The zero-order chi connectivity index (χ0) is 21.7. The quantitative estimate of drug-likeness (QED) is 0.362. The number of fused-ring (bicyclic) bond motifs is 4. The molecule has 0 radical (unpaired) electrons. The van der Waals surface area contributed by atoms with Crippen LogP contribution < -0.4 is 38.2 Å². The highest BCUT2D eigenvalue weighted by atomic mass is 127. The molecule has 7 heteroatoms. The van der Waals surface area contributed by atoms with E-state index in [9.17, 15) is 0 Å². The van der Waals surface area contributed by atoms with E-state index in [0.29, 0.717) is 6.61 Å². The third-order valence-electron chi connectivity index (χ3n) is 6.18. The van der Waals surface area contributed by atoms with E-state index in [0.717, 1.165) is 59.1 Å². The molecular formula is C25H27ClIN3O2. The van der Waals surface area contributed by atoms with Crippen LogP contribution in [0.15, 0.2) is 48.4 Å². The molecule has 0 saturated carbocycles. The van der Waals surface area contributed by atoms with Crippen LogP contribution in [0.5, 0.6) is 5.75 Å². The Hall–Kier alpha value is -2.19. The summed E-state index contributed by atoms with van der Waals surface area (Å²) in [5.41, 5.74) is 5.92. The first kappa shape index (κ1) is 23.0. The highest BCUT2D eigenvalue weighted by Crippen LogP contribution is 2.40. The molecule has 0 atom stereocenters. The number of nitrogens with zero attached hydrogens (tertiary/aromatic N) is 3. The highest BCUT2D eigenvalue weighted by Gasteiger charge is 2.32. The molecule has 0 spiro atoms. The first-order valence-electron chi connectivity index (χ1n) is 10.8. The molecule has 0 unspecified atom stereocenters. The van der Waals surface area contributed by atoms with Crippen molar-refractivity contribution in [3.63, 3.8) is 0 Å². The Bertz CT molecular complexity index is 1260. The molecule has 168 valence electrons. The van der Waals surface area contributed by atoms with Crippen molar-refractivity contribution in [1.82, 2.24) is 4.57 Å². The van der Waals surface area contributed by atoms with Gasteiger partial charge in [0, 0.05) is 23.7 Å². The van der Waals surface area contributed by atoms with Crippen LogP contribution >= 0.6 is 11.6 Å². The molecular weight excluding hydrogens is 537 g/mol. The number of aromatic nitrogens is 2. The van der Waals surface area contributed by atoms with Gasteiger partial charge in [0.2, 0.25) is 11.6 Å². The number of benzene rings is 2. The molecule has 0 bridgehead atoms. The summed E-state index contributed by atoms with van der Waals surface area (Å²) in [5.74, 6) is 3.63. The molecule has 32 heavy (non-hydrogen) atoms. The zero-order valence-electron chi connectivity index (χ0n) is 18.8. The molecule has 0 aliphatic carbocycles. The third kappa shape index (κ3) is 3.67. The van der Waals surface area contributed by atoms with E-state index in [1.807, 2.05) is 24.3 Å². The summed E-state index contributed by atoms with van der Waals surface area (Å²) >= 11 is 6.29. The summed E-state index contributed by atoms with van der Waals surface area (Å²) in [7, 11) is 0. The van der Waals surface area contributed by atoms with E-state index in [1.165, 1.54) is 16.6 Å². The minimum absolute atomic E-state index is 0. The third-order valence-corrected chi connectivity index (χ3v) is 6.41. The normalized spacial score (nSPS) is 17.2. The maximum absolute atomic E-state index is 6.29. The molecule has 2 aliphatic rings. The zero-order valence-corrected chi connectivity index (χ0v) is 21.7. The Morgan fingerprint density at radius 2 is 1.88 bits per heavy atom. The van der Waals surface area contributed by atoms with Crippen molar-refractivity contribution in [2.75, 3.05) is 18.1 Å². The van der Waals surface area contributed by atoms with Gasteiger partial charge in [0.1, 0.15) is 13.2 Å². The average Bonchev–Trinajstić information content (AvgIpc) is 3.26. The van der Waals surface area contributed by atoms with Crippen LogP contribution in [0.4, 0.5) is 5.69 Å². The molecule has 2 aliphatic heterocycles. The van der Waals surface area contributed by atoms with E-state index >= 15 is 0 Å².